The molecule has 2 fully saturated rings. The molecule has 6 aromatic carbocycles. The maximum Gasteiger partial charge on any atom is 1.00 e. The fourth-order valence-electron chi connectivity index (χ4n) is 8.71. The van der Waals surface area contributed by atoms with Crippen LogP contribution in [0.2, 0.25) is 0 Å². The van der Waals surface area contributed by atoms with Crippen LogP contribution in [-0.4, -0.2) is 57.0 Å². The first kappa shape index (κ1) is 73.3. The number of aliphatic hydroxyl groups is 2. The van der Waals surface area contributed by atoms with Crippen LogP contribution in [0.4, 0.5) is 4.70 Å². The predicted octanol–water partition coefficient (Wildman–Crippen LogP) is 6.33. The normalized spacial score (nSPS) is 13.5. The van der Waals surface area contributed by atoms with Crippen molar-refractivity contribution in [2.45, 2.75) is 119 Å². The molecule has 1 spiro atoms. The van der Waals surface area contributed by atoms with Crippen LogP contribution in [0.15, 0.2) is 139 Å². The van der Waals surface area contributed by atoms with Crippen LogP contribution in [0.3, 0.4) is 0 Å². The molecule has 0 amide bonds. The van der Waals surface area contributed by atoms with Crippen molar-refractivity contribution < 1.29 is 128 Å². The molecule has 8 rings (SSSR count). The van der Waals surface area contributed by atoms with Gasteiger partial charge >= 0.3 is 71.1 Å². The van der Waals surface area contributed by atoms with Crippen molar-refractivity contribution in [2.24, 2.45) is 0 Å². The van der Waals surface area contributed by atoms with E-state index in [0.29, 0.717) is 31.1 Å². The summed E-state index contributed by atoms with van der Waals surface area (Å²) in [5.41, 5.74) is 11.2. The Balaban J connectivity index is 0.00000111. The molecule has 17 heteroatoms. The van der Waals surface area contributed by atoms with Crippen molar-refractivity contribution in [3.63, 3.8) is 0 Å². The van der Waals surface area contributed by atoms with Crippen LogP contribution >= 0.6 is 11.6 Å². The molecule has 0 unspecified atom stereocenters. The molecule has 414 valence electrons. The van der Waals surface area contributed by atoms with E-state index in [-0.39, 0.29) is 89.1 Å². The first-order chi connectivity index (χ1) is 35.5. The molecule has 1 saturated carbocycles. The van der Waals surface area contributed by atoms with E-state index < -0.39 is 29.6 Å². The molecule has 1 heterocycles. The fourth-order valence-corrected chi connectivity index (χ4v) is 8.71. The van der Waals surface area contributed by atoms with Crippen LogP contribution in [0.5, 0.6) is 17.2 Å². The Hall–Kier alpha value is -5.65. The number of aliphatic carboxylic acids is 2. The number of alkyl halides is 1. The van der Waals surface area contributed by atoms with E-state index in [0.717, 1.165) is 104 Å². The second-order valence-electron chi connectivity index (χ2n) is 18.2. The minimum absolute atomic E-state index is 0. The average Bonchev–Trinajstić information content (AvgIpc) is 3.67. The Morgan fingerprint density at radius 2 is 0.962 bits per heavy atom. The maximum absolute atomic E-state index is 12.3. The Bertz CT molecular complexity index is 2830. The Kier molecular flexibility index (Phi) is 34.0. The summed E-state index contributed by atoms with van der Waals surface area (Å²) >= 11 is 4.64. The molecule has 1 aliphatic carbocycles. The van der Waals surface area contributed by atoms with Gasteiger partial charge in [-0.05, 0) is 158 Å². The second kappa shape index (κ2) is 36.6. The number of hydrogen-bond acceptors (Lipinski definition) is 12. The molecule has 13 nitrogen and oxygen atoms in total. The summed E-state index contributed by atoms with van der Waals surface area (Å²) in [6.45, 7) is 13.1. The van der Waals surface area contributed by atoms with Crippen LogP contribution in [0, 0.1) is 41.5 Å². The smallest absolute Gasteiger partial charge is 0.870 e. The van der Waals surface area contributed by atoms with Gasteiger partial charge in [0.2, 0.25) is 11.5 Å². The van der Waals surface area contributed by atoms with Gasteiger partial charge in [0.1, 0.15) is 37.1 Å². The minimum Gasteiger partial charge on any atom is -0.870 e. The molecular formula is C62H72ClFNa2O13. The monoisotopic (exact) mass is 1120 g/mol. The number of carbonyl (C=O) groups is 3. The van der Waals surface area contributed by atoms with Crippen molar-refractivity contribution in [1.29, 1.82) is 0 Å². The van der Waals surface area contributed by atoms with Gasteiger partial charge in [0, 0.05) is 25.6 Å². The van der Waals surface area contributed by atoms with Gasteiger partial charge in [0.25, 0.3) is 5.79 Å². The Morgan fingerprint density at radius 3 is 1.32 bits per heavy atom. The fraction of sp³-hybridized carbons (Fsp3) is 0.306. The number of halogens is 2. The molecule has 6 aromatic rings. The summed E-state index contributed by atoms with van der Waals surface area (Å²) in [5, 5.41) is 38.0. The Morgan fingerprint density at radius 1 is 0.608 bits per heavy atom. The molecule has 1 atom stereocenters. The van der Waals surface area contributed by atoms with Crippen LogP contribution < -0.4 is 78.4 Å². The predicted molar refractivity (Wildman–Crippen MR) is 297 cm³/mol. The molecule has 1 saturated heterocycles. The first-order valence-corrected chi connectivity index (χ1v) is 25.1. The van der Waals surface area contributed by atoms with Gasteiger partial charge in [0.05, 0.1) is 12.1 Å². The summed E-state index contributed by atoms with van der Waals surface area (Å²) in [4.78, 5) is 33.6. The van der Waals surface area contributed by atoms with Gasteiger partial charge in [-0.15, -0.1) is 11.6 Å². The number of rotatable bonds is 15. The number of aryl methyl sites for hydroxylation is 6. The van der Waals surface area contributed by atoms with Gasteiger partial charge in [-0.1, -0.05) is 117 Å². The number of esters is 1. The SMILES string of the molecule is C.CCl.Cc1cc(/C=C(/O)C(=O)O)cc(C)c1OCc1ccccc1.Cc1cc(/C=C2/OC3(CCCCC3)OC2=O)cc(C)c1OCc1ccccc1.Cc1cc(C[C@@H](O)C(=O)[O-])cc(C)c1OCc1ccccc1.F.[Na+].[Na+].[OH-]. The third kappa shape index (κ3) is 22.8. The molecule has 2 aliphatic rings. The van der Waals surface area contributed by atoms with Gasteiger partial charge in [-0.2, -0.15) is 0 Å². The van der Waals surface area contributed by atoms with E-state index in [1.807, 2.05) is 157 Å². The van der Waals surface area contributed by atoms with Crippen LogP contribution in [-0.2, 0) is 50.1 Å². The number of carboxylic acid groups (broad SMARTS) is 2. The zero-order valence-electron chi connectivity index (χ0n) is 46.0. The van der Waals surface area contributed by atoms with Crippen molar-refractivity contribution in [3.05, 3.63) is 206 Å². The van der Waals surface area contributed by atoms with Crippen molar-refractivity contribution in [3.8, 4) is 17.2 Å². The second-order valence-corrected chi connectivity index (χ2v) is 18.2. The van der Waals surface area contributed by atoms with Gasteiger partial charge in [-0.3, -0.25) is 4.70 Å². The zero-order chi connectivity index (χ0) is 53.8. The Labute approximate surface area is 513 Å². The van der Waals surface area contributed by atoms with Crippen molar-refractivity contribution in [2.75, 3.05) is 6.38 Å². The van der Waals surface area contributed by atoms with Crippen molar-refractivity contribution >= 4 is 41.7 Å². The molecule has 1 aliphatic heterocycles. The standard InChI is InChI=1S/C24H26O4.C18H20O4.C18H18O4.CH3Cl.CH4.FH.2Na.H2O/c1-17-13-20(14-18(2)22(17)26-16-19-9-5-3-6-10-19)15-21-23(25)28-24(27-21)11-7-4-8-12-24;2*1-12-8-15(10-16(19)18(20)21)9-13(2)17(12)22-11-14-6-4-3-5-7-14;1-2;;;;;/h3,5-6,9-10,13-15H,4,7-8,11-12,16H2,1-2H3;3-9,16,19H,10-11H2,1-2H3,(H,20,21);3-10,19H,11H2,1-2H3,(H,20,21);1H3;1H4;1H;;;1H2/q;;;;;;2*+1;/p-2/b21-15+;;16-10+;;;;;;/t;16-;;;;;;;/m.1......./s1. The van der Waals surface area contributed by atoms with E-state index in [9.17, 15) is 29.7 Å². The van der Waals surface area contributed by atoms with Crippen LogP contribution in [0.25, 0.3) is 12.2 Å². The molecular weight excluding hydrogens is 1050 g/mol. The minimum atomic E-state index is -1.49. The molecule has 4 N–H and O–H groups in total. The third-order valence-electron chi connectivity index (χ3n) is 12.1. The van der Waals surface area contributed by atoms with E-state index >= 15 is 0 Å². The molecule has 0 radical (unpaired) electrons. The zero-order valence-corrected chi connectivity index (χ0v) is 50.7. The van der Waals surface area contributed by atoms with E-state index in [1.165, 1.54) is 18.9 Å². The summed E-state index contributed by atoms with van der Waals surface area (Å²) in [5.74, 6) is -1.84. The summed E-state index contributed by atoms with van der Waals surface area (Å²) < 4.78 is 29.3. The van der Waals surface area contributed by atoms with E-state index in [4.69, 9.17) is 28.8 Å². The van der Waals surface area contributed by atoms with Crippen LogP contribution in [0.1, 0.15) is 106 Å². The van der Waals surface area contributed by atoms with Gasteiger partial charge in [-0.25, -0.2) is 9.59 Å². The number of carboxylic acids is 2. The summed E-state index contributed by atoms with van der Waals surface area (Å²) in [6, 6.07) is 41.1. The summed E-state index contributed by atoms with van der Waals surface area (Å²) in [7, 11) is 0. The molecule has 0 aromatic heterocycles. The molecule has 79 heavy (non-hydrogen) atoms. The quantitative estimate of drug-likeness (QED) is 0.0338. The number of benzene rings is 6. The molecule has 0 bridgehead atoms. The number of aliphatic hydroxyl groups excluding tert-OH is 2. The van der Waals surface area contributed by atoms with Gasteiger partial charge in [0.15, 0.2) is 0 Å². The first-order valence-electron chi connectivity index (χ1n) is 24.4. The van der Waals surface area contributed by atoms with E-state index in [1.54, 1.807) is 18.2 Å². The summed E-state index contributed by atoms with van der Waals surface area (Å²) in [6.07, 6.45) is 7.82. The van der Waals surface area contributed by atoms with Crippen molar-refractivity contribution in [1.82, 2.24) is 0 Å². The topological polar surface area (TPSA) is 211 Å². The average molecular weight is 1130 g/mol. The van der Waals surface area contributed by atoms with Gasteiger partial charge < -0.3 is 54.4 Å². The largest absolute Gasteiger partial charge is 1.00 e. The third-order valence-corrected chi connectivity index (χ3v) is 12.1. The van der Waals surface area contributed by atoms with E-state index in [2.05, 4.69) is 11.6 Å². The number of carbonyl (C=O) groups excluding carboxylic acids is 2. The number of hydrogen-bond donors (Lipinski definition) is 3. The maximum atomic E-state index is 12.3. The number of ether oxygens (including phenoxy) is 5.